The summed E-state index contributed by atoms with van der Waals surface area (Å²) in [6.45, 7) is 0. The molecule has 0 bridgehead atoms. The second-order valence-electron chi connectivity index (χ2n) is 11.0. The van der Waals surface area contributed by atoms with Crippen molar-refractivity contribution in [2.75, 3.05) is 0 Å². The molecular weight excluding hydrogens is 613 g/mol. The van der Waals surface area contributed by atoms with Crippen molar-refractivity contribution in [1.29, 1.82) is 0 Å². The first-order valence-electron chi connectivity index (χ1n) is 14.8. The monoisotopic (exact) mass is 642 g/mol. The largest absolute Gasteiger partial charge is 0.249 e. The van der Waals surface area contributed by atoms with E-state index in [-0.39, 0.29) is 0 Å². The van der Waals surface area contributed by atoms with Crippen LogP contribution in [0.1, 0.15) is 33.4 Å². The van der Waals surface area contributed by atoms with Gasteiger partial charge in [-0.15, -0.1) is 0 Å². The average Bonchev–Trinajstić information content (AvgIpc) is 3.09. The van der Waals surface area contributed by atoms with Crippen LogP contribution in [0.2, 0.25) is 0 Å². The molecule has 3 nitrogen and oxygen atoms in total. The van der Waals surface area contributed by atoms with Crippen molar-refractivity contribution < 1.29 is 12.6 Å². The van der Waals surface area contributed by atoms with Crippen LogP contribution >= 0.6 is 0 Å². The predicted octanol–water partition coefficient (Wildman–Crippen LogP) is 8.27. The lowest BCUT2D eigenvalue weighted by atomic mass is 10.0. The Morgan fingerprint density at radius 2 is 0.422 bits per heavy atom. The smallest absolute Gasteiger partial charge is 0.0855 e. The first-order valence-corrected chi connectivity index (χ1v) is 18.3. The van der Waals surface area contributed by atoms with Gasteiger partial charge in [-0.3, -0.25) is 0 Å². The summed E-state index contributed by atoms with van der Waals surface area (Å²) in [5, 5.41) is 0. The highest BCUT2D eigenvalue weighted by Crippen LogP contribution is 2.33. The summed E-state index contributed by atoms with van der Waals surface area (Å²) in [5.41, 5.74) is 7.14. The van der Waals surface area contributed by atoms with Gasteiger partial charge in [-0.25, -0.2) is 12.6 Å². The second-order valence-corrected chi connectivity index (χ2v) is 15.2. The maximum atomic E-state index is 12.2. The molecule has 6 heteroatoms. The van der Waals surface area contributed by atoms with Crippen molar-refractivity contribution in [3.63, 3.8) is 0 Å². The van der Waals surface area contributed by atoms with Crippen molar-refractivity contribution in [2.45, 2.75) is 48.6 Å². The van der Waals surface area contributed by atoms with Crippen molar-refractivity contribution in [2.24, 2.45) is 0 Å². The molecule has 6 aromatic rings. The Kier molecular flexibility index (Phi) is 8.53. The molecule has 0 saturated carbocycles. The molecule has 3 aliphatic rings. The first kappa shape index (κ1) is 29.5. The Bertz CT molecular complexity index is 1730. The Morgan fingerprint density at radius 1 is 0.267 bits per heavy atom. The number of benzene rings is 6. The zero-order valence-corrected chi connectivity index (χ0v) is 26.9. The lowest BCUT2D eigenvalue weighted by Crippen LogP contribution is -2.08. The van der Waals surface area contributed by atoms with E-state index in [2.05, 4.69) is 36.4 Å². The lowest BCUT2D eigenvalue weighted by molar-refractivity contribution is 0.678. The third kappa shape index (κ3) is 5.94. The van der Waals surface area contributed by atoms with Gasteiger partial charge in [0.2, 0.25) is 0 Å². The van der Waals surface area contributed by atoms with Crippen molar-refractivity contribution in [3.05, 3.63) is 179 Å². The van der Waals surface area contributed by atoms with Crippen LogP contribution < -0.4 is 0 Å². The molecule has 0 amide bonds. The van der Waals surface area contributed by atoms with E-state index < -0.39 is 32.4 Å². The van der Waals surface area contributed by atoms with Crippen LogP contribution in [-0.2, 0) is 51.7 Å². The second kappa shape index (κ2) is 13.0. The van der Waals surface area contributed by atoms with Crippen LogP contribution in [0.15, 0.2) is 175 Å². The fraction of sp³-hybridized carbons (Fsp3) is 0.0769. The van der Waals surface area contributed by atoms with Gasteiger partial charge in [0, 0.05) is 29.4 Å². The summed E-state index contributed by atoms with van der Waals surface area (Å²) < 4.78 is 36.7. The van der Waals surface area contributed by atoms with E-state index in [0.29, 0.717) is 0 Å². The average molecular weight is 643 g/mol. The molecule has 0 N–H and O–H groups in total. The van der Waals surface area contributed by atoms with Gasteiger partial charge in [0.05, 0.1) is 32.4 Å². The van der Waals surface area contributed by atoms with E-state index in [1.54, 1.807) is 0 Å². The van der Waals surface area contributed by atoms with Gasteiger partial charge in [0.15, 0.2) is 0 Å². The molecule has 0 atom stereocenters. The van der Waals surface area contributed by atoms with E-state index in [9.17, 15) is 12.6 Å². The summed E-state index contributed by atoms with van der Waals surface area (Å²) in [7, 11) is -2.97. The Labute approximate surface area is 271 Å². The van der Waals surface area contributed by atoms with E-state index >= 15 is 0 Å². The quantitative estimate of drug-likeness (QED) is 0.167. The summed E-state index contributed by atoms with van der Waals surface area (Å²) in [4.78, 5) is 5.81. The number of hydrogen-bond donors (Lipinski definition) is 0. The molecule has 45 heavy (non-hydrogen) atoms. The minimum absolute atomic E-state index is 0.901. The summed E-state index contributed by atoms with van der Waals surface area (Å²) in [5.74, 6) is 0. The molecule has 3 heterocycles. The zero-order chi connectivity index (χ0) is 30.8. The minimum atomic E-state index is -0.990. The van der Waals surface area contributed by atoms with Gasteiger partial charge >= 0.3 is 0 Å². The van der Waals surface area contributed by atoms with Crippen LogP contribution in [0.3, 0.4) is 0 Å². The van der Waals surface area contributed by atoms with Crippen molar-refractivity contribution >= 4 is 32.4 Å². The van der Waals surface area contributed by atoms with Gasteiger partial charge < -0.3 is 0 Å². The van der Waals surface area contributed by atoms with E-state index in [1.165, 1.54) is 33.4 Å². The van der Waals surface area contributed by atoms with Gasteiger partial charge in [-0.1, -0.05) is 109 Å². The molecule has 0 radical (unpaired) electrons. The highest BCUT2D eigenvalue weighted by molar-refractivity contribution is 7.85. The third-order valence-electron chi connectivity index (χ3n) is 8.18. The lowest BCUT2D eigenvalue weighted by Gasteiger charge is -2.18. The molecule has 222 valence electrons. The molecule has 0 aromatic heterocycles. The van der Waals surface area contributed by atoms with E-state index in [4.69, 9.17) is 0 Å². The summed E-state index contributed by atoms with van der Waals surface area (Å²) in [6, 6.07) is 47.8. The SMILES string of the molecule is O=S1c2ccccc2Cc2ccccc21.O=S1c2ccccc2Cc2ccccc21.O=S1c2ccccc2Cc2ccccc21. The number of fused-ring (bicyclic) bond motifs is 6. The van der Waals surface area contributed by atoms with Gasteiger partial charge in [0.25, 0.3) is 0 Å². The molecule has 9 rings (SSSR count). The normalized spacial score (nSPS) is 14.4. The van der Waals surface area contributed by atoms with Crippen LogP contribution in [0.4, 0.5) is 0 Å². The molecule has 6 aromatic carbocycles. The Balaban J connectivity index is 0.000000108. The topological polar surface area (TPSA) is 51.2 Å². The summed E-state index contributed by atoms with van der Waals surface area (Å²) in [6.07, 6.45) is 2.70. The Morgan fingerprint density at radius 3 is 0.600 bits per heavy atom. The minimum Gasteiger partial charge on any atom is -0.249 e. The fourth-order valence-corrected chi connectivity index (χ4v) is 10.1. The summed E-state index contributed by atoms with van der Waals surface area (Å²) >= 11 is 0. The molecule has 0 fully saturated rings. The predicted molar refractivity (Wildman–Crippen MR) is 181 cm³/mol. The zero-order valence-electron chi connectivity index (χ0n) is 24.4. The maximum absolute atomic E-state index is 12.2. The van der Waals surface area contributed by atoms with E-state index in [0.717, 1.165) is 48.6 Å². The molecule has 0 spiro atoms. The Hall–Kier alpha value is -4.23. The van der Waals surface area contributed by atoms with Crippen molar-refractivity contribution in [3.8, 4) is 0 Å². The molecular formula is C39H30O3S3. The third-order valence-corrected chi connectivity index (χ3v) is 13.0. The van der Waals surface area contributed by atoms with Crippen LogP contribution in [0.5, 0.6) is 0 Å². The van der Waals surface area contributed by atoms with E-state index in [1.807, 2.05) is 109 Å². The molecule has 0 unspecified atom stereocenters. The molecule has 3 aliphatic heterocycles. The number of hydrogen-bond acceptors (Lipinski definition) is 3. The van der Waals surface area contributed by atoms with Crippen molar-refractivity contribution in [1.82, 2.24) is 0 Å². The highest BCUT2D eigenvalue weighted by atomic mass is 32.2. The standard InChI is InChI=1S/3C13H10OS/c3*14-15-12-7-3-1-5-10(12)9-11-6-2-4-8-13(11)15/h3*1-8H,9H2. The number of rotatable bonds is 0. The van der Waals surface area contributed by atoms with Crippen LogP contribution in [0.25, 0.3) is 0 Å². The maximum Gasteiger partial charge on any atom is 0.0855 e. The van der Waals surface area contributed by atoms with Crippen LogP contribution in [-0.4, -0.2) is 12.6 Å². The van der Waals surface area contributed by atoms with Gasteiger partial charge in [0.1, 0.15) is 0 Å². The first-order chi connectivity index (χ1) is 22.1. The van der Waals surface area contributed by atoms with Gasteiger partial charge in [-0.2, -0.15) is 0 Å². The molecule has 0 saturated heterocycles. The van der Waals surface area contributed by atoms with Gasteiger partial charge in [-0.05, 0) is 89.0 Å². The van der Waals surface area contributed by atoms with Crippen LogP contribution in [0, 0.1) is 0 Å². The highest BCUT2D eigenvalue weighted by Gasteiger charge is 2.22. The fourth-order valence-electron chi connectivity index (χ4n) is 5.96. The molecule has 0 aliphatic carbocycles.